The van der Waals surface area contributed by atoms with E-state index in [0.717, 1.165) is 38.5 Å². The number of hydrogen-bond acceptors (Lipinski definition) is 7. The number of carbonyl (C=O) groups is 1. The number of halogens is 1. The molecule has 3 aromatic rings. The molecular formula is C24H26FN5O2. The molecule has 3 heterocycles. The maximum Gasteiger partial charge on any atom is 0.195 e. The highest BCUT2D eigenvalue weighted by molar-refractivity contribution is 6.13. The summed E-state index contributed by atoms with van der Waals surface area (Å²) in [4.78, 5) is 23.6. The second-order valence-electron chi connectivity index (χ2n) is 7.82. The topological polar surface area (TPSA) is 93.4 Å². The van der Waals surface area contributed by atoms with Crippen molar-refractivity contribution in [3.05, 3.63) is 71.9 Å². The van der Waals surface area contributed by atoms with Gasteiger partial charge < -0.3 is 20.7 Å². The maximum atomic E-state index is 14.0. The van der Waals surface area contributed by atoms with E-state index in [1.807, 2.05) is 24.5 Å². The number of anilines is 3. The summed E-state index contributed by atoms with van der Waals surface area (Å²) in [6.07, 6.45) is 7.24. The van der Waals surface area contributed by atoms with Crippen molar-refractivity contribution in [2.24, 2.45) is 5.92 Å². The number of ether oxygens (including phenoxy) is 1. The lowest BCUT2D eigenvalue weighted by Gasteiger charge is -2.33. The van der Waals surface area contributed by atoms with Gasteiger partial charge in [0.1, 0.15) is 5.82 Å². The van der Waals surface area contributed by atoms with E-state index in [2.05, 4.69) is 20.2 Å². The standard InChI is InChI=1S/C24H26FN5O2/c1-32-21-3-2-17(14-20(21)25)23(31)19-6-11-28-24(22(19)26)29-15-16-7-12-30(13-8-16)18-4-9-27-10-5-18/h2-6,9-11,14,16H,7-8,12-13,15,26H2,1H3,(H,28,29). The van der Waals surface area contributed by atoms with Crippen LogP contribution in [0.5, 0.6) is 5.75 Å². The first-order valence-electron chi connectivity index (χ1n) is 10.6. The highest BCUT2D eigenvalue weighted by atomic mass is 19.1. The van der Waals surface area contributed by atoms with E-state index >= 15 is 0 Å². The molecular weight excluding hydrogens is 409 g/mol. The molecule has 1 fully saturated rings. The zero-order valence-corrected chi connectivity index (χ0v) is 17.9. The number of rotatable bonds is 7. The minimum absolute atomic E-state index is 0.0848. The predicted molar refractivity (Wildman–Crippen MR) is 123 cm³/mol. The van der Waals surface area contributed by atoms with Crippen LogP contribution in [0.25, 0.3) is 0 Å². The van der Waals surface area contributed by atoms with Crippen LogP contribution in [0.4, 0.5) is 21.6 Å². The maximum absolute atomic E-state index is 14.0. The largest absolute Gasteiger partial charge is 0.494 e. The van der Waals surface area contributed by atoms with Crippen molar-refractivity contribution in [1.82, 2.24) is 9.97 Å². The van der Waals surface area contributed by atoms with Crippen molar-refractivity contribution < 1.29 is 13.9 Å². The minimum atomic E-state index is -0.595. The van der Waals surface area contributed by atoms with E-state index in [0.29, 0.717) is 17.3 Å². The molecule has 0 radical (unpaired) electrons. The van der Waals surface area contributed by atoms with E-state index in [1.54, 1.807) is 6.07 Å². The van der Waals surface area contributed by atoms with Gasteiger partial charge in [-0.3, -0.25) is 9.78 Å². The van der Waals surface area contributed by atoms with Crippen LogP contribution in [0.3, 0.4) is 0 Å². The van der Waals surface area contributed by atoms with Gasteiger partial charge in [0.2, 0.25) is 0 Å². The van der Waals surface area contributed by atoms with E-state index in [1.165, 1.54) is 31.1 Å². The molecule has 1 aliphatic heterocycles. The van der Waals surface area contributed by atoms with E-state index in [9.17, 15) is 9.18 Å². The molecule has 8 heteroatoms. The SMILES string of the molecule is COc1ccc(C(=O)c2ccnc(NCC3CCN(c4ccncc4)CC3)c2N)cc1F. The average Bonchev–Trinajstić information content (AvgIpc) is 2.84. The van der Waals surface area contributed by atoms with Gasteiger partial charge >= 0.3 is 0 Å². The Kier molecular flexibility index (Phi) is 6.49. The van der Waals surface area contributed by atoms with Crippen molar-refractivity contribution in [3.63, 3.8) is 0 Å². The molecule has 0 bridgehead atoms. The quantitative estimate of drug-likeness (QED) is 0.546. The van der Waals surface area contributed by atoms with Crippen LogP contribution in [-0.4, -0.2) is 42.5 Å². The molecule has 32 heavy (non-hydrogen) atoms. The van der Waals surface area contributed by atoms with Crippen LogP contribution in [0.15, 0.2) is 55.0 Å². The lowest BCUT2D eigenvalue weighted by molar-refractivity contribution is 0.103. The summed E-state index contributed by atoms with van der Waals surface area (Å²) >= 11 is 0. The van der Waals surface area contributed by atoms with Crippen LogP contribution in [0, 0.1) is 11.7 Å². The molecule has 0 amide bonds. The normalized spacial score (nSPS) is 14.2. The van der Waals surface area contributed by atoms with Gasteiger partial charge in [-0.1, -0.05) is 0 Å². The summed E-state index contributed by atoms with van der Waals surface area (Å²) in [6, 6.07) is 9.72. The van der Waals surface area contributed by atoms with Gasteiger partial charge in [-0.25, -0.2) is 9.37 Å². The Labute approximate surface area is 186 Å². The fourth-order valence-corrected chi connectivity index (χ4v) is 3.97. The van der Waals surface area contributed by atoms with Crippen molar-refractivity contribution in [1.29, 1.82) is 0 Å². The lowest BCUT2D eigenvalue weighted by Crippen LogP contribution is -2.36. The van der Waals surface area contributed by atoms with Gasteiger partial charge in [0.25, 0.3) is 0 Å². The number of hydrogen-bond donors (Lipinski definition) is 2. The molecule has 0 unspecified atom stereocenters. The molecule has 0 atom stereocenters. The highest BCUT2D eigenvalue weighted by Crippen LogP contribution is 2.27. The molecule has 4 rings (SSSR count). The monoisotopic (exact) mass is 435 g/mol. The van der Waals surface area contributed by atoms with Gasteiger partial charge in [0, 0.05) is 49.5 Å². The molecule has 1 saturated heterocycles. The summed E-state index contributed by atoms with van der Waals surface area (Å²) in [5.74, 6) is 0.0786. The van der Waals surface area contributed by atoms with Crippen molar-refractivity contribution in [2.75, 3.05) is 42.7 Å². The number of piperidine rings is 1. The first-order valence-corrected chi connectivity index (χ1v) is 10.6. The van der Waals surface area contributed by atoms with Crippen LogP contribution in [0.1, 0.15) is 28.8 Å². The lowest BCUT2D eigenvalue weighted by atomic mass is 9.96. The van der Waals surface area contributed by atoms with Gasteiger partial charge in [-0.05, 0) is 55.2 Å². The summed E-state index contributed by atoms with van der Waals surface area (Å²) < 4.78 is 18.9. The Morgan fingerprint density at radius 1 is 1.19 bits per heavy atom. The second-order valence-corrected chi connectivity index (χ2v) is 7.82. The number of nitrogens with zero attached hydrogens (tertiary/aromatic N) is 3. The number of nitrogens with two attached hydrogens (primary N) is 1. The van der Waals surface area contributed by atoms with Gasteiger partial charge in [0.05, 0.1) is 18.4 Å². The average molecular weight is 436 g/mol. The first-order chi connectivity index (χ1) is 15.6. The summed E-state index contributed by atoms with van der Waals surface area (Å²) in [5, 5.41) is 3.30. The Morgan fingerprint density at radius 2 is 1.94 bits per heavy atom. The van der Waals surface area contributed by atoms with Crippen LogP contribution < -0.4 is 20.7 Å². The fourth-order valence-electron chi connectivity index (χ4n) is 3.97. The van der Waals surface area contributed by atoms with Gasteiger partial charge in [0.15, 0.2) is 17.3 Å². The number of ketones is 1. The summed E-state index contributed by atoms with van der Waals surface area (Å²) in [5.41, 5.74) is 8.21. The fraction of sp³-hybridized carbons (Fsp3) is 0.292. The third-order valence-electron chi connectivity index (χ3n) is 5.85. The molecule has 3 N–H and O–H groups in total. The van der Waals surface area contributed by atoms with Crippen molar-refractivity contribution in [3.8, 4) is 5.75 Å². The molecule has 1 aliphatic rings. The molecule has 2 aromatic heterocycles. The number of pyridine rings is 2. The number of aromatic nitrogens is 2. The van der Waals surface area contributed by atoms with E-state index in [-0.39, 0.29) is 22.8 Å². The number of methoxy groups -OCH3 is 1. The van der Waals surface area contributed by atoms with Crippen molar-refractivity contribution in [2.45, 2.75) is 12.8 Å². The molecule has 1 aromatic carbocycles. The molecule has 0 spiro atoms. The zero-order valence-electron chi connectivity index (χ0n) is 17.9. The number of benzene rings is 1. The Balaban J connectivity index is 1.39. The van der Waals surface area contributed by atoms with Crippen LogP contribution in [0.2, 0.25) is 0 Å². The second kappa shape index (κ2) is 9.64. The van der Waals surface area contributed by atoms with Gasteiger partial charge in [-0.2, -0.15) is 0 Å². The number of nitrogen functional groups attached to an aromatic ring is 1. The van der Waals surface area contributed by atoms with E-state index in [4.69, 9.17) is 10.5 Å². The van der Waals surface area contributed by atoms with E-state index < -0.39 is 5.82 Å². The summed E-state index contributed by atoms with van der Waals surface area (Å²) in [6.45, 7) is 2.66. The smallest absolute Gasteiger partial charge is 0.195 e. The van der Waals surface area contributed by atoms with Crippen LogP contribution in [-0.2, 0) is 0 Å². The Hall–Kier alpha value is -3.68. The third-order valence-corrected chi connectivity index (χ3v) is 5.85. The van der Waals surface area contributed by atoms with Crippen LogP contribution >= 0.6 is 0 Å². The molecule has 166 valence electrons. The van der Waals surface area contributed by atoms with Gasteiger partial charge in [-0.15, -0.1) is 0 Å². The molecule has 0 saturated carbocycles. The Bertz CT molecular complexity index is 1090. The third kappa shape index (κ3) is 4.64. The number of nitrogens with one attached hydrogen (secondary N) is 1. The predicted octanol–water partition coefficient (Wildman–Crippen LogP) is 3.77. The summed E-state index contributed by atoms with van der Waals surface area (Å²) in [7, 11) is 1.38. The minimum Gasteiger partial charge on any atom is -0.494 e. The Morgan fingerprint density at radius 3 is 2.62 bits per heavy atom. The molecule has 0 aliphatic carbocycles. The zero-order chi connectivity index (χ0) is 22.5. The molecule has 7 nitrogen and oxygen atoms in total. The van der Waals surface area contributed by atoms with Crippen molar-refractivity contribution >= 4 is 23.0 Å². The number of carbonyl (C=O) groups excluding carboxylic acids is 1. The first kappa shape index (κ1) is 21.5. The highest BCUT2D eigenvalue weighted by Gasteiger charge is 2.21.